The van der Waals surface area contributed by atoms with Crippen molar-refractivity contribution in [2.45, 2.75) is 70.6 Å². The van der Waals surface area contributed by atoms with Gasteiger partial charge in [0.25, 0.3) is 0 Å². The molecule has 0 aromatic heterocycles. The van der Waals surface area contributed by atoms with Crippen LogP contribution in [0.3, 0.4) is 0 Å². The lowest BCUT2D eigenvalue weighted by Crippen LogP contribution is -2.54. The molecular weight excluding hydrogens is 230 g/mol. The number of carbonyl (C=O) groups excluding carboxylic acids is 1. The van der Waals surface area contributed by atoms with Gasteiger partial charge >= 0.3 is 6.09 Å². The molecule has 104 valence electrons. The van der Waals surface area contributed by atoms with Crippen LogP contribution in [0.5, 0.6) is 0 Å². The predicted octanol–water partition coefficient (Wildman–Crippen LogP) is 2.55. The molecule has 1 heterocycles. The Balaban J connectivity index is 2.05. The number of carbonyl (C=O) groups is 1. The van der Waals surface area contributed by atoms with Gasteiger partial charge in [-0.2, -0.15) is 0 Å². The van der Waals surface area contributed by atoms with E-state index in [1.807, 2.05) is 25.7 Å². The minimum atomic E-state index is -0.447. The first-order chi connectivity index (χ1) is 8.38. The smallest absolute Gasteiger partial charge is 0.410 e. The van der Waals surface area contributed by atoms with Crippen LogP contribution < -0.4 is 0 Å². The third kappa shape index (κ3) is 2.97. The summed E-state index contributed by atoms with van der Waals surface area (Å²) < 4.78 is 5.47. The van der Waals surface area contributed by atoms with Gasteiger partial charge in [0, 0.05) is 18.5 Å². The minimum Gasteiger partial charge on any atom is -0.444 e. The summed E-state index contributed by atoms with van der Waals surface area (Å²) in [6.45, 7) is 6.44. The maximum atomic E-state index is 12.2. The molecule has 0 spiro atoms. The van der Waals surface area contributed by atoms with Gasteiger partial charge in [-0.05, 0) is 52.9 Å². The zero-order valence-corrected chi connectivity index (χ0v) is 11.7. The van der Waals surface area contributed by atoms with Crippen molar-refractivity contribution in [2.75, 3.05) is 6.54 Å². The molecule has 3 unspecified atom stereocenters. The van der Waals surface area contributed by atoms with Gasteiger partial charge in [0.15, 0.2) is 0 Å². The Hall–Kier alpha value is -0.770. The van der Waals surface area contributed by atoms with Crippen molar-refractivity contribution in [1.29, 1.82) is 0 Å². The first-order valence-electron chi connectivity index (χ1n) is 7.06. The molecule has 4 nitrogen and oxygen atoms in total. The number of amides is 1. The van der Waals surface area contributed by atoms with Gasteiger partial charge in [-0.1, -0.05) is 0 Å². The fourth-order valence-corrected chi connectivity index (χ4v) is 3.20. The van der Waals surface area contributed by atoms with E-state index in [0.29, 0.717) is 0 Å². The zero-order chi connectivity index (χ0) is 13.3. The molecule has 0 bridgehead atoms. The van der Waals surface area contributed by atoms with Crippen LogP contribution in [0.25, 0.3) is 0 Å². The SMILES string of the molecule is CC(C)(C)OC(=O)N1CCCC2C(O)CCCC21. The van der Waals surface area contributed by atoms with E-state index in [2.05, 4.69) is 0 Å². The molecule has 3 atom stereocenters. The molecular formula is C14H25NO3. The van der Waals surface area contributed by atoms with Crippen molar-refractivity contribution in [3.8, 4) is 0 Å². The van der Waals surface area contributed by atoms with Gasteiger partial charge in [0.1, 0.15) is 5.60 Å². The summed E-state index contributed by atoms with van der Waals surface area (Å²) in [7, 11) is 0. The van der Waals surface area contributed by atoms with Crippen molar-refractivity contribution in [3.63, 3.8) is 0 Å². The summed E-state index contributed by atoms with van der Waals surface area (Å²) in [5, 5.41) is 10.1. The lowest BCUT2D eigenvalue weighted by atomic mass is 9.76. The first kappa shape index (κ1) is 13.7. The van der Waals surface area contributed by atoms with Crippen LogP contribution in [0.2, 0.25) is 0 Å². The molecule has 1 saturated carbocycles. The lowest BCUT2D eigenvalue weighted by Gasteiger charge is -2.46. The van der Waals surface area contributed by atoms with Crippen LogP contribution in [0.1, 0.15) is 52.9 Å². The normalized spacial score (nSPS) is 32.9. The molecule has 2 fully saturated rings. The predicted molar refractivity (Wildman–Crippen MR) is 69.3 cm³/mol. The number of nitrogens with zero attached hydrogens (tertiary/aromatic N) is 1. The van der Waals surface area contributed by atoms with E-state index in [1.54, 1.807) is 0 Å². The standard InChI is InChI=1S/C14H25NO3/c1-14(2,3)18-13(17)15-9-5-6-10-11(15)7-4-8-12(10)16/h10-12,16H,4-9H2,1-3H3. The van der Waals surface area contributed by atoms with Crippen LogP contribution in [-0.2, 0) is 4.74 Å². The maximum Gasteiger partial charge on any atom is 0.410 e. The average Bonchev–Trinajstić information content (AvgIpc) is 2.26. The summed E-state index contributed by atoms with van der Waals surface area (Å²) in [5.74, 6) is 0.250. The maximum absolute atomic E-state index is 12.2. The molecule has 1 N–H and O–H groups in total. The van der Waals surface area contributed by atoms with Crippen molar-refractivity contribution < 1.29 is 14.6 Å². The van der Waals surface area contributed by atoms with E-state index in [1.165, 1.54) is 0 Å². The summed E-state index contributed by atoms with van der Waals surface area (Å²) in [6, 6.07) is 0.178. The molecule has 1 saturated heterocycles. The summed E-state index contributed by atoms with van der Waals surface area (Å²) >= 11 is 0. The Kier molecular flexibility index (Phi) is 3.85. The number of likely N-dealkylation sites (tertiary alicyclic amines) is 1. The van der Waals surface area contributed by atoms with Crippen molar-refractivity contribution in [2.24, 2.45) is 5.92 Å². The molecule has 1 amide bonds. The van der Waals surface area contributed by atoms with Crippen LogP contribution >= 0.6 is 0 Å². The Morgan fingerprint density at radius 3 is 2.61 bits per heavy atom. The number of piperidine rings is 1. The second-order valence-corrected chi connectivity index (χ2v) is 6.55. The quantitative estimate of drug-likeness (QED) is 0.723. The minimum absolute atomic E-state index is 0.178. The van der Waals surface area contributed by atoms with E-state index >= 15 is 0 Å². The zero-order valence-electron chi connectivity index (χ0n) is 11.7. The summed E-state index contributed by atoms with van der Waals surface area (Å²) in [4.78, 5) is 14.0. The third-order valence-corrected chi connectivity index (χ3v) is 3.95. The van der Waals surface area contributed by atoms with E-state index in [-0.39, 0.29) is 24.2 Å². The highest BCUT2D eigenvalue weighted by atomic mass is 16.6. The second kappa shape index (κ2) is 5.08. The number of hydrogen-bond acceptors (Lipinski definition) is 3. The number of rotatable bonds is 0. The topological polar surface area (TPSA) is 49.8 Å². The van der Waals surface area contributed by atoms with Gasteiger partial charge in [-0.25, -0.2) is 4.79 Å². The number of ether oxygens (including phenoxy) is 1. The lowest BCUT2D eigenvalue weighted by molar-refractivity contribution is -0.0415. The Morgan fingerprint density at radius 1 is 1.22 bits per heavy atom. The van der Waals surface area contributed by atoms with Gasteiger partial charge < -0.3 is 14.7 Å². The number of hydrogen-bond donors (Lipinski definition) is 1. The largest absolute Gasteiger partial charge is 0.444 e. The average molecular weight is 255 g/mol. The molecule has 2 rings (SSSR count). The van der Waals surface area contributed by atoms with Gasteiger partial charge in [-0.3, -0.25) is 0 Å². The van der Waals surface area contributed by atoms with Crippen LogP contribution in [0, 0.1) is 5.92 Å². The molecule has 0 radical (unpaired) electrons. The fraction of sp³-hybridized carbons (Fsp3) is 0.929. The van der Waals surface area contributed by atoms with Crippen LogP contribution in [-0.4, -0.2) is 40.4 Å². The van der Waals surface area contributed by atoms with Crippen LogP contribution in [0.4, 0.5) is 4.79 Å². The van der Waals surface area contributed by atoms with Gasteiger partial charge in [0.2, 0.25) is 0 Å². The molecule has 0 aromatic carbocycles. The first-order valence-corrected chi connectivity index (χ1v) is 7.06. The monoisotopic (exact) mass is 255 g/mol. The number of aliphatic hydroxyl groups excluding tert-OH is 1. The molecule has 1 aliphatic carbocycles. The van der Waals surface area contributed by atoms with E-state index in [0.717, 1.165) is 38.6 Å². The Bertz CT molecular complexity index is 311. The molecule has 1 aliphatic heterocycles. The van der Waals surface area contributed by atoms with Crippen molar-refractivity contribution >= 4 is 6.09 Å². The molecule has 0 aromatic rings. The molecule has 18 heavy (non-hydrogen) atoms. The van der Waals surface area contributed by atoms with Crippen LogP contribution in [0.15, 0.2) is 0 Å². The van der Waals surface area contributed by atoms with Gasteiger partial charge in [0.05, 0.1) is 6.10 Å². The Labute approximate surface area is 109 Å². The number of fused-ring (bicyclic) bond motifs is 1. The van der Waals surface area contributed by atoms with Crippen molar-refractivity contribution in [3.05, 3.63) is 0 Å². The highest BCUT2D eigenvalue weighted by molar-refractivity contribution is 5.68. The van der Waals surface area contributed by atoms with Crippen molar-refractivity contribution in [1.82, 2.24) is 4.90 Å². The fourth-order valence-electron chi connectivity index (χ4n) is 3.20. The highest BCUT2D eigenvalue weighted by Gasteiger charge is 2.41. The second-order valence-electron chi connectivity index (χ2n) is 6.55. The Morgan fingerprint density at radius 2 is 1.94 bits per heavy atom. The summed E-state index contributed by atoms with van der Waals surface area (Å²) in [5.41, 5.74) is -0.447. The van der Waals surface area contributed by atoms with E-state index in [9.17, 15) is 9.90 Å². The van der Waals surface area contributed by atoms with E-state index < -0.39 is 5.60 Å². The molecule has 2 aliphatic rings. The third-order valence-electron chi connectivity index (χ3n) is 3.95. The highest BCUT2D eigenvalue weighted by Crippen LogP contribution is 2.36. The van der Waals surface area contributed by atoms with Gasteiger partial charge in [-0.15, -0.1) is 0 Å². The summed E-state index contributed by atoms with van der Waals surface area (Å²) in [6.07, 6.45) is 4.43. The molecule has 4 heteroatoms. The number of aliphatic hydroxyl groups is 1. The van der Waals surface area contributed by atoms with E-state index in [4.69, 9.17) is 4.74 Å².